The Kier molecular flexibility index (Phi) is 4.93. The fourth-order valence-electron chi connectivity index (χ4n) is 3.02. The van der Waals surface area contributed by atoms with Crippen molar-refractivity contribution in [2.75, 3.05) is 0 Å². The van der Waals surface area contributed by atoms with Gasteiger partial charge in [0.15, 0.2) is 0 Å². The van der Waals surface area contributed by atoms with E-state index in [0.29, 0.717) is 11.3 Å². The molecule has 2 unspecified atom stereocenters. The van der Waals surface area contributed by atoms with Gasteiger partial charge in [0.25, 0.3) is 0 Å². The van der Waals surface area contributed by atoms with Crippen LogP contribution in [0.2, 0.25) is 0 Å². The van der Waals surface area contributed by atoms with Gasteiger partial charge in [-0.1, -0.05) is 39.8 Å². The summed E-state index contributed by atoms with van der Waals surface area (Å²) < 4.78 is 2.47. The first kappa shape index (κ1) is 16.0. The van der Waals surface area contributed by atoms with Crippen LogP contribution in [0.1, 0.15) is 52.1 Å². The molecule has 1 aromatic heterocycles. The van der Waals surface area contributed by atoms with Crippen molar-refractivity contribution in [3.63, 3.8) is 0 Å². The number of halogens is 1. The summed E-state index contributed by atoms with van der Waals surface area (Å²) in [4.78, 5) is 0. The molecule has 2 rings (SSSR count). The third kappa shape index (κ3) is 3.84. The number of fused-ring (bicyclic) bond motifs is 1. The fourth-order valence-corrected chi connectivity index (χ4v) is 4.70. The standard InChI is InChI=1S/C17H24BrNS/c1-11(9-17(2,3)4)8-15(19)13-10-20-16-12(13)6-5-7-14(16)18/h5-7,10-11,15H,8-9,19H2,1-4H3. The van der Waals surface area contributed by atoms with Gasteiger partial charge >= 0.3 is 0 Å². The summed E-state index contributed by atoms with van der Waals surface area (Å²) in [7, 11) is 0. The maximum absolute atomic E-state index is 6.47. The SMILES string of the molecule is CC(CC(N)c1csc2c(Br)cccc12)CC(C)(C)C. The van der Waals surface area contributed by atoms with Crippen LogP contribution in [-0.2, 0) is 0 Å². The van der Waals surface area contributed by atoms with Gasteiger partial charge in [0.2, 0.25) is 0 Å². The van der Waals surface area contributed by atoms with E-state index >= 15 is 0 Å². The zero-order valence-corrected chi connectivity index (χ0v) is 15.1. The van der Waals surface area contributed by atoms with Crippen LogP contribution in [-0.4, -0.2) is 0 Å². The van der Waals surface area contributed by atoms with Crippen LogP contribution in [0.3, 0.4) is 0 Å². The summed E-state index contributed by atoms with van der Waals surface area (Å²) in [5, 5.41) is 3.53. The van der Waals surface area contributed by atoms with Crippen molar-refractivity contribution in [1.29, 1.82) is 0 Å². The largest absolute Gasteiger partial charge is 0.324 e. The number of hydrogen-bond acceptors (Lipinski definition) is 2. The first-order valence-electron chi connectivity index (χ1n) is 7.19. The average Bonchev–Trinajstić information content (AvgIpc) is 2.71. The van der Waals surface area contributed by atoms with E-state index in [2.05, 4.69) is 67.2 Å². The average molecular weight is 354 g/mol. The monoisotopic (exact) mass is 353 g/mol. The normalized spacial score (nSPS) is 15.5. The summed E-state index contributed by atoms with van der Waals surface area (Å²) >= 11 is 5.40. The van der Waals surface area contributed by atoms with Crippen LogP contribution in [0.15, 0.2) is 28.1 Å². The van der Waals surface area contributed by atoms with Crippen LogP contribution >= 0.6 is 27.3 Å². The van der Waals surface area contributed by atoms with Gasteiger partial charge in [-0.3, -0.25) is 0 Å². The Labute approximate surface area is 134 Å². The Morgan fingerprint density at radius 3 is 2.65 bits per heavy atom. The quantitative estimate of drug-likeness (QED) is 0.703. The molecule has 2 N–H and O–H groups in total. The van der Waals surface area contributed by atoms with Gasteiger partial charge in [-0.2, -0.15) is 0 Å². The topological polar surface area (TPSA) is 26.0 Å². The van der Waals surface area contributed by atoms with Crippen molar-refractivity contribution in [2.24, 2.45) is 17.1 Å². The lowest BCUT2D eigenvalue weighted by Crippen LogP contribution is -2.17. The van der Waals surface area contributed by atoms with Crippen molar-refractivity contribution in [1.82, 2.24) is 0 Å². The minimum atomic E-state index is 0.135. The van der Waals surface area contributed by atoms with Gasteiger partial charge in [-0.25, -0.2) is 0 Å². The number of hydrogen-bond donors (Lipinski definition) is 1. The summed E-state index contributed by atoms with van der Waals surface area (Å²) in [6, 6.07) is 6.50. The maximum Gasteiger partial charge on any atom is 0.0488 e. The zero-order valence-electron chi connectivity index (χ0n) is 12.7. The van der Waals surface area contributed by atoms with Crippen LogP contribution in [0.25, 0.3) is 10.1 Å². The second-order valence-electron chi connectivity index (χ2n) is 7.02. The lowest BCUT2D eigenvalue weighted by molar-refractivity contribution is 0.286. The maximum atomic E-state index is 6.47. The molecule has 20 heavy (non-hydrogen) atoms. The lowest BCUT2D eigenvalue weighted by atomic mass is 9.82. The molecule has 0 saturated heterocycles. The lowest BCUT2D eigenvalue weighted by Gasteiger charge is -2.25. The predicted molar refractivity (Wildman–Crippen MR) is 94.3 cm³/mol. The first-order chi connectivity index (χ1) is 9.28. The van der Waals surface area contributed by atoms with Crippen molar-refractivity contribution >= 4 is 37.4 Å². The second kappa shape index (κ2) is 6.17. The van der Waals surface area contributed by atoms with Gasteiger partial charge in [0.1, 0.15) is 0 Å². The molecule has 0 fully saturated rings. The van der Waals surface area contributed by atoms with E-state index in [1.54, 1.807) is 11.3 Å². The molecule has 110 valence electrons. The van der Waals surface area contributed by atoms with E-state index in [0.717, 1.165) is 6.42 Å². The molecule has 0 radical (unpaired) electrons. The predicted octanol–water partition coefficient (Wildman–Crippen LogP) is 6.13. The Morgan fingerprint density at radius 1 is 1.30 bits per heavy atom. The minimum absolute atomic E-state index is 0.135. The smallest absolute Gasteiger partial charge is 0.0488 e. The van der Waals surface area contributed by atoms with Crippen LogP contribution < -0.4 is 5.73 Å². The molecule has 0 aliphatic rings. The summed E-state index contributed by atoms with van der Waals surface area (Å²) in [5.74, 6) is 0.645. The third-order valence-corrected chi connectivity index (χ3v) is 5.57. The van der Waals surface area contributed by atoms with Crippen molar-refractivity contribution in [2.45, 2.75) is 46.6 Å². The molecule has 0 spiro atoms. The highest BCUT2D eigenvalue weighted by molar-refractivity contribution is 9.10. The van der Waals surface area contributed by atoms with Gasteiger partial charge in [-0.05, 0) is 62.5 Å². The molecular formula is C17H24BrNS. The molecule has 0 amide bonds. The van der Waals surface area contributed by atoms with E-state index < -0.39 is 0 Å². The Balaban J connectivity index is 2.16. The summed E-state index contributed by atoms with van der Waals surface area (Å²) in [6.45, 7) is 9.21. The van der Waals surface area contributed by atoms with E-state index in [-0.39, 0.29) is 6.04 Å². The van der Waals surface area contributed by atoms with Gasteiger partial charge < -0.3 is 5.73 Å². The van der Waals surface area contributed by atoms with Crippen LogP contribution in [0.4, 0.5) is 0 Å². The Morgan fingerprint density at radius 2 is 2.00 bits per heavy atom. The van der Waals surface area contributed by atoms with Crippen molar-refractivity contribution in [3.8, 4) is 0 Å². The summed E-state index contributed by atoms with van der Waals surface area (Å²) in [6.07, 6.45) is 2.27. The van der Waals surface area contributed by atoms with Crippen LogP contribution in [0, 0.1) is 11.3 Å². The zero-order chi connectivity index (χ0) is 14.9. The summed E-state index contributed by atoms with van der Waals surface area (Å²) in [5.41, 5.74) is 8.14. The van der Waals surface area contributed by atoms with E-state index in [9.17, 15) is 0 Å². The van der Waals surface area contributed by atoms with Gasteiger partial charge in [0, 0.05) is 15.2 Å². The van der Waals surface area contributed by atoms with E-state index in [4.69, 9.17) is 5.73 Å². The van der Waals surface area contributed by atoms with Gasteiger partial charge in [-0.15, -0.1) is 11.3 Å². The minimum Gasteiger partial charge on any atom is -0.324 e. The molecular weight excluding hydrogens is 330 g/mol. The highest BCUT2D eigenvalue weighted by Crippen LogP contribution is 2.37. The fraction of sp³-hybridized carbons (Fsp3) is 0.529. The molecule has 1 heterocycles. The highest BCUT2D eigenvalue weighted by Gasteiger charge is 2.20. The number of thiophene rings is 1. The molecule has 0 aliphatic carbocycles. The Hall–Kier alpha value is -0.380. The molecule has 2 aromatic rings. The van der Waals surface area contributed by atoms with E-state index in [1.165, 1.54) is 26.5 Å². The van der Waals surface area contributed by atoms with Crippen LogP contribution in [0.5, 0.6) is 0 Å². The molecule has 2 atom stereocenters. The molecule has 0 aliphatic heterocycles. The molecule has 1 nitrogen and oxygen atoms in total. The number of rotatable bonds is 4. The molecule has 3 heteroatoms. The molecule has 1 aromatic carbocycles. The first-order valence-corrected chi connectivity index (χ1v) is 8.86. The molecule has 0 saturated carbocycles. The third-order valence-electron chi connectivity index (χ3n) is 3.60. The van der Waals surface area contributed by atoms with Crippen molar-refractivity contribution < 1.29 is 0 Å². The second-order valence-corrected chi connectivity index (χ2v) is 8.75. The highest BCUT2D eigenvalue weighted by atomic mass is 79.9. The van der Waals surface area contributed by atoms with E-state index in [1.807, 2.05) is 0 Å². The Bertz CT molecular complexity index is 582. The number of nitrogens with two attached hydrogens (primary N) is 1. The van der Waals surface area contributed by atoms with Crippen molar-refractivity contribution in [3.05, 3.63) is 33.6 Å². The number of benzene rings is 1. The van der Waals surface area contributed by atoms with Gasteiger partial charge in [0.05, 0.1) is 0 Å². The molecule has 0 bridgehead atoms.